The minimum absolute atomic E-state index is 0.0420. The van der Waals surface area contributed by atoms with E-state index in [1.807, 2.05) is 63.2 Å². The number of amides is 2. The number of nitrogens with one attached hydrogen (secondary N) is 3. The van der Waals surface area contributed by atoms with Crippen LogP contribution in [0.25, 0.3) is 5.69 Å². The SMILES string of the molecule is Cc1ccc(NCC(=O)NNC(=O)c2c(C)nn(-c3ccc(Br)cc3)c2C)c(C)c1. The van der Waals surface area contributed by atoms with Crippen LogP contribution in [0.5, 0.6) is 0 Å². The summed E-state index contributed by atoms with van der Waals surface area (Å²) in [5.41, 5.74) is 10.6. The summed E-state index contributed by atoms with van der Waals surface area (Å²) in [5, 5.41) is 7.54. The number of carbonyl (C=O) groups is 2. The molecule has 0 unspecified atom stereocenters. The van der Waals surface area contributed by atoms with Crippen molar-refractivity contribution in [3.63, 3.8) is 0 Å². The van der Waals surface area contributed by atoms with Crippen LogP contribution in [0.3, 0.4) is 0 Å². The fraction of sp³-hybridized carbons (Fsp3) is 0.227. The van der Waals surface area contributed by atoms with Crippen LogP contribution in [0.1, 0.15) is 32.9 Å². The molecule has 0 radical (unpaired) electrons. The molecule has 0 fully saturated rings. The zero-order chi connectivity index (χ0) is 21.8. The number of hydrogen-bond donors (Lipinski definition) is 3. The number of hydrazine groups is 1. The number of hydrogen-bond acceptors (Lipinski definition) is 4. The van der Waals surface area contributed by atoms with Crippen LogP contribution in [0.2, 0.25) is 0 Å². The van der Waals surface area contributed by atoms with Crippen molar-refractivity contribution in [2.24, 2.45) is 0 Å². The van der Waals surface area contributed by atoms with E-state index in [9.17, 15) is 9.59 Å². The number of carbonyl (C=O) groups excluding carboxylic acids is 2. The first-order valence-electron chi connectivity index (χ1n) is 9.48. The van der Waals surface area contributed by atoms with Crippen LogP contribution in [-0.2, 0) is 4.79 Å². The Morgan fingerprint density at radius 3 is 2.37 bits per heavy atom. The molecule has 1 heterocycles. The van der Waals surface area contributed by atoms with Gasteiger partial charge in [-0.05, 0) is 63.6 Å². The quantitative estimate of drug-likeness (QED) is 0.496. The van der Waals surface area contributed by atoms with Gasteiger partial charge in [0.25, 0.3) is 11.8 Å². The van der Waals surface area contributed by atoms with Gasteiger partial charge < -0.3 is 5.32 Å². The molecule has 2 aromatic carbocycles. The summed E-state index contributed by atoms with van der Waals surface area (Å²) in [4.78, 5) is 24.8. The summed E-state index contributed by atoms with van der Waals surface area (Å²) in [7, 11) is 0. The lowest BCUT2D eigenvalue weighted by atomic mass is 10.1. The van der Waals surface area contributed by atoms with E-state index in [1.54, 1.807) is 11.6 Å². The second-order valence-electron chi connectivity index (χ2n) is 7.11. The van der Waals surface area contributed by atoms with Gasteiger partial charge in [-0.15, -0.1) is 0 Å². The number of anilines is 1. The molecule has 3 rings (SSSR count). The number of aryl methyl sites for hydroxylation is 3. The molecule has 8 heteroatoms. The van der Waals surface area contributed by atoms with E-state index >= 15 is 0 Å². The van der Waals surface area contributed by atoms with Crippen LogP contribution in [-0.4, -0.2) is 28.1 Å². The topological polar surface area (TPSA) is 88.1 Å². The maximum atomic E-state index is 12.6. The summed E-state index contributed by atoms with van der Waals surface area (Å²) >= 11 is 3.41. The molecule has 0 aliphatic rings. The fourth-order valence-electron chi connectivity index (χ4n) is 3.23. The Balaban J connectivity index is 1.62. The highest BCUT2D eigenvalue weighted by Crippen LogP contribution is 2.20. The molecule has 2 amide bonds. The third kappa shape index (κ3) is 4.88. The van der Waals surface area contributed by atoms with E-state index in [4.69, 9.17) is 0 Å². The van der Waals surface area contributed by atoms with Crippen molar-refractivity contribution in [2.45, 2.75) is 27.7 Å². The van der Waals surface area contributed by atoms with E-state index in [0.717, 1.165) is 27.0 Å². The van der Waals surface area contributed by atoms with Crippen LogP contribution in [0.4, 0.5) is 5.69 Å². The Morgan fingerprint density at radius 1 is 1.00 bits per heavy atom. The molecule has 1 aromatic heterocycles. The minimum atomic E-state index is -0.409. The predicted octanol–water partition coefficient (Wildman–Crippen LogP) is 3.74. The fourth-order valence-corrected chi connectivity index (χ4v) is 3.49. The number of halogens is 1. The number of aromatic nitrogens is 2. The third-order valence-electron chi connectivity index (χ3n) is 4.73. The van der Waals surface area contributed by atoms with Crippen LogP contribution < -0.4 is 16.2 Å². The van der Waals surface area contributed by atoms with Crippen molar-refractivity contribution < 1.29 is 9.59 Å². The molecule has 0 saturated heterocycles. The first kappa shape index (κ1) is 21.6. The normalized spacial score (nSPS) is 10.6. The molecule has 0 aliphatic heterocycles. The van der Waals surface area contributed by atoms with Gasteiger partial charge in [-0.1, -0.05) is 33.6 Å². The number of rotatable bonds is 5. The largest absolute Gasteiger partial charge is 0.376 e. The monoisotopic (exact) mass is 469 g/mol. The average Bonchev–Trinajstić information content (AvgIpc) is 3.00. The molecule has 0 spiro atoms. The molecular weight excluding hydrogens is 446 g/mol. The molecule has 0 bridgehead atoms. The number of benzene rings is 2. The van der Waals surface area contributed by atoms with Gasteiger partial charge in [-0.3, -0.25) is 20.4 Å². The zero-order valence-corrected chi connectivity index (χ0v) is 18.9. The Kier molecular flexibility index (Phi) is 6.56. The van der Waals surface area contributed by atoms with Gasteiger partial charge in [0.1, 0.15) is 0 Å². The molecule has 0 atom stereocenters. The van der Waals surface area contributed by atoms with Crippen molar-refractivity contribution in [1.29, 1.82) is 0 Å². The van der Waals surface area contributed by atoms with Crippen molar-refractivity contribution in [3.8, 4) is 5.69 Å². The van der Waals surface area contributed by atoms with E-state index in [-0.39, 0.29) is 12.5 Å². The second-order valence-corrected chi connectivity index (χ2v) is 8.02. The second kappa shape index (κ2) is 9.13. The smallest absolute Gasteiger partial charge is 0.273 e. The summed E-state index contributed by atoms with van der Waals surface area (Å²) in [5.74, 6) is -0.757. The highest BCUT2D eigenvalue weighted by atomic mass is 79.9. The zero-order valence-electron chi connectivity index (χ0n) is 17.3. The van der Waals surface area contributed by atoms with E-state index < -0.39 is 5.91 Å². The van der Waals surface area contributed by atoms with Crippen molar-refractivity contribution >= 4 is 33.4 Å². The molecular formula is C22H24BrN5O2. The van der Waals surface area contributed by atoms with Crippen LogP contribution in [0.15, 0.2) is 46.9 Å². The van der Waals surface area contributed by atoms with Gasteiger partial charge in [0.2, 0.25) is 0 Å². The van der Waals surface area contributed by atoms with Gasteiger partial charge in [0.15, 0.2) is 0 Å². The molecule has 0 saturated carbocycles. The van der Waals surface area contributed by atoms with E-state index in [0.29, 0.717) is 17.0 Å². The number of nitrogens with zero attached hydrogens (tertiary/aromatic N) is 2. The van der Waals surface area contributed by atoms with Crippen LogP contribution >= 0.6 is 15.9 Å². The lowest BCUT2D eigenvalue weighted by Crippen LogP contribution is -2.44. The molecule has 3 aromatic rings. The first-order valence-corrected chi connectivity index (χ1v) is 10.3. The van der Waals surface area contributed by atoms with Gasteiger partial charge in [-0.25, -0.2) is 4.68 Å². The summed E-state index contributed by atoms with van der Waals surface area (Å²) in [6.07, 6.45) is 0. The maximum Gasteiger partial charge on any atom is 0.273 e. The Labute approximate surface area is 184 Å². The Bertz CT molecular complexity index is 1090. The Morgan fingerprint density at radius 2 is 1.70 bits per heavy atom. The van der Waals surface area contributed by atoms with Gasteiger partial charge in [0, 0.05) is 10.2 Å². The van der Waals surface area contributed by atoms with E-state index in [2.05, 4.69) is 37.2 Å². The lowest BCUT2D eigenvalue weighted by Gasteiger charge is -2.11. The predicted molar refractivity (Wildman–Crippen MR) is 121 cm³/mol. The summed E-state index contributed by atoms with van der Waals surface area (Å²) in [6.45, 7) is 7.62. The van der Waals surface area contributed by atoms with Gasteiger partial charge in [0.05, 0.1) is 29.2 Å². The van der Waals surface area contributed by atoms with Crippen molar-refractivity contribution in [3.05, 3.63) is 75.0 Å². The first-order chi connectivity index (χ1) is 14.3. The molecule has 0 aliphatic carbocycles. The standard InChI is InChI=1S/C22H24BrN5O2/c1-13-5-10-19(14(2)11-13)24-12-20(29)25-26-22(30)21-15(3)27-28(16(21)4)18-8-6-17(23)7-9-18/h5-11,24H,12H2,1-4H3,(H,25,29)(H,26,30). The molecule has 156 valence electrons. The van der Waals surface area contributed by atoms with Crippen molar-refractivity contribution in [2.75, 3.05) is 11.9 Å². The Hall–Kier alpha value is -3.13. The highest BCUT2D eigenvalue weighted by Gasteiger charge is 2.20. The minimum Gasteiger partial charge on any atom is -0.376 e. The molecule has 7 nitrogen and oxygen atoms in total. The summed E-state index contributed by atoms with van der Waals surface area (Å²) in [6, 6.07) is 13.6. The third-order valence-corrected chi connectivity index (χ3v) is 5.25. The van der Waals surface area contributed by atoms with Gasteiger partial charge in [-0.2, -0.15) is 5.10 Å². The molecule has 3 N–H and O–H groups in total. The van der Waals surface area contributed by atoms with E-state index in [1.165, 1.54) is 0 Å². The maximum absolute atomic E-state index is 12.6. The molecule has 30 heavy (non-hydrogen) atoms. The average molecular weight is 470 g/mol. The van der Waals surface area contributed by atoms with Crippen LogP contribution in [0, 0.1) is 27.7 Å². The van der Waals surface area contributed by atoms with Gasteiger partial charge >= 0.3 is 0 Å². The lowest BCUT2D eigenvalue weighted by molar-refractivity contribution is -0.120. The highest BCUT2D eigenvalue weighted by molar-refractivity contribution is 9.10. The summed E-state index contributed by atoms with van der Waals surface area (Å²) < 4.78 is 2.67. The van der Waals surface area contributed by atoms with Crippen molar-refractivity contribution in [1.82, 2.24) is 20.6 Å².